The second kappa shape index (κ2) is 8.04. The number of aromatic nitrogens is 1. The Kier molecular flexibility index (Phi) is 5.78. The van der Waals surface area contributed by atoms with Crippen LogP contribution >= 0.6 is 11.6 Å². The van der Waals surface area contributed by atoms with E-state index in [1.54, 1.807) is 6.07 Å². The van der Waals surface area contributed by atoms with E-state index in [9.17, 15) is 9.59 Å². The monoisotopic (exact) mass is 365 g/mol. The molecule has 1 aromatic heterocycles. The molecule has 2 amide bonds. The molecule has 2 saturated heterocycles. The molecule has 2 aliphatic heterocycles. The van der Waals surface area contributed by atoms with Crippen LogP contribution in [0.4, 0.5) is 0 Å². The van der Waals surface area contributed by atoms with E-state index in [-0.39, 0.29) is 17.9 Å². The molecule has 0 saturated carbocycles. The standard InChI is InChI=1S/C18H24ClN3O3/c1-2-25-17-15(19)11-13(12-20-17)18(24)21-9-6-14(7-10-21)22-8-4-3-5-16(22)23/h11-12,14H,2-10H2,1H3. The van der Waals surface area contributed by atoms with E-state index in [4.69, 9.17) is 16.3 Å². The average molecular weight is 366 g/mol. The Morgan fingerprint density at radius 1 is 1.32 bits per heavy atom. The van der Waals surface area contributed by atoms with Crippen LogP contribution in [-0.2, 0) is 4.79 Å². The Bertz CT molecular complexity index is 644. The van der Waals surface area contributed by atoms with Crippen LogP contribution in [0, 0.1) is 0 Å². The van der Waals surface area contributed by atoms with E-state index >= 15 is 0 Å². The number of nitrogens with zero attached hydrogens (tertiary/aromatic N) is 3. The molecule has 0 spiro atoms. The summed E-state index contributed by atoms with van der Waals surface area (Å²) >= 11 is 6.13. The van der Waals surface area contributed by atoms with E-state index < -0.39 is 0 Å². The lowest BCUT2D eigenvalue weighted by molar-refractivity contribution is -0.136. The van der Waals surface area contributed by atoms with E-state index in [0.29, 0.717) is 42.6 Å². The lowest BCUT2D eigenvalue weighted by atomic mass is 9.99. The molecule has 0 atom stereocenters. The molecule has 0 bridgehead atoms. The Labute approximate surface area is 153 Å². The van der Waals surface area contributed by atoms with Gasteiger partial charge in [0, 0.05) is 38.3 Å². The van der Waals surface area contributed by atoms with Crippen molar-refractivity contribution in [2.24, 2.45) is 0 Å². The molecule has 25 heavy (non-hydrogen) atoms. The molecule has 0 radical (unpaired) electrons. The number of hydrogen-bond acceptors (Lipinski definition) is 4. The fraction of sp³-hybridized carbons (Fsp3) is 0.611. The van der Waals surface area contributed by atoms with E-state index in [1.165, 1.54) is 6.20 Å². The van der Waals surface area contributed by atoms with Crippen molar-refractivity contribution in [2.75, 3.05) is 26.2 Å². The largest absolute Gasteiger partial charge is 0.477 e. The van der Waals surface area contributed by atoms with Crippen molar-refractivity contribution >= 4 is 23.4 Å². The molecular weight excluding hydrogens is 342 g/mol. The van der Waals surface area contributed by atoms with Crippen LogP contribution in [0.3, 0.4) is 0 Å². The van der Waals surface area contributed by atoms with Gasteiger partial charge in [0.1, 0.15) is 5.02 Å². The van der Waals surface area contributed by atoms with Crippen molar-refractivity contribution in [3.8, 4) is 5.88 Å². The van der Waals surface area contributed by atoms with Gasteiger partial charge in [-0.05, 0) is 38.7 Å². The van der Waals surface area contributed by atoms with Crippen molar-refractivity contribution in [1.29, 1.82) is 0 Å². The van der Waals surface area contributed by atoms with Crippen molar-refractivity contribution in [3.05, 3.63) is 22.8 Å². The predicted molar refractivity (Wildman–Crippen MR) is 94.9 cm³/mol. The van der Waals surface area contributed by atoms with Gasteiger partial charge in [0.15, 0.2) is 0 Å². The first-order chi connectivity index (χ1) is 12.1. The highest BCUT2D eigenvalue weighted by Crippen LogP contribution is 2.25. The third-order valence-corrected chi connectivity index (χ3v) is 5.16. The smallest absolute Gasteiger partial charge is 0.255 e. The summed E-state index contributed by atoms with van der Waals surface area (Å²) in [6, 6.07) is 1.88. The van der Waals surface area contributed by atoms with Crippen molar-refractivity contribution in [2.45, 2.75) is 45.1 Å². The quantitative estimate of drug-likeness (QED) is 0.823. The van der Waals surface area contributed by atoms with Gasteiger partial charge in [0.2, 0.25) is 11.8 Å². The Balaban J connectivity index is 1.59. The van der Waals surface area contributed by atoms with E-state index in [2.05, 4.69) is 4.98 Å². The number of pyridine rings is 1. The van der Waals surface area contributed by atoms with Gasteiger partial charge in [-0.2, -0.15) is 0 Å². The van der Waals surface area contributed by atoms with Crippen molar-refractivity contribution in [3.63, 3.8) is 0 Å². The van der Waals surface area contributed by atoms with Crippen LogP contribution in [0.5, 0.6) is 5.88 Å². The lowest BCUT2D eigenvalue weighted by Gasteiger charge is -2.40. The molecule has 2 fully saturated rings. The van der Waals surface area contributed by atoms with Gasteiger partial charge >= 0.3 is 0 Å². The van der Waals surface area contributed by atoms with E-state index in [0.717, 1.165) is 32.2 Å². The number of hydrogen-bond donors (Lipinski definition) is 0. The van der Waals surface area contributed by atoms with Crippen LogP contribution in [0.15, 0.2) is 12.3 Å². The van der Waals surface area contributed by atoms with Crippen molar-refractivity contribution in [1.82, 2.24) is 14.8 Å². The minimum Gasteiger partial charge on any atom is -0.477 e. The molecule has 3 rings (SSSR count). The van der Waals surface area contributed by atoms with Gasteiger partial charge in [0.05, 0.1) is 12.2 Å². The Hall–Kier alpha value is -1.82. The predicted octanol–water partition coefficient (Wildman–Crippen LogP) is 2.75. The van der Waals surface area contributed by atoms with E-state index in [1.807, 2.05) is 16.7 Å². The second-order valence-corrected chi connectivity index (χ2v) is 6.92. The van der Waals surface area contributed by atoms with Gasteiger partial charge in [-0.3, -0.25) is 9.59 Å². The molecule has 0 unspecified atom stereocenters. The van der Waals surface area contributed by atoms with Crippen LogP contribution in [0.1, 0.15) is 49.4 Å². The Morgan fingerprint density at radius 3 is 2.72 bits per heavy atom. The van der Waals surface area contributed by atoms with Crippen molar-refractivity contribution < 1.29 is 14.3 Å². The van der Waals surface area contributed by atoms with Gasteiger partial charge in [-0.1, -0.05) is 11.6 Å². The molecule has 7 heteroatoms. The van der Waals surface area contributed by atoms with Gasteiger partial charge < -0.3 is 14.5 Å². The number of ether oxygens (including phenoxy) is 1. The fourth-order valence-corrected chi connectivity index (χ4v) is 3.78. The average Bonchev–Trinajstić information content (AvgIpc) is 2.63. The van der Waals surface area contributed by atoms with Crippen LogP contribution in [0.2, 0.25) is 5.02 Å². The zero-order valence-corrected chi connectivity index (χ0v) is 15.3. The Morgan fingerprint density at radius 2 is 2.08 bits per heavy atom. The van der Waals surface area contributed by atoms with Crippen LogP contribution in [-0.4, -0.2) is 58.9 Å². The maximum atomic E-state index is 12.7. The molecule has 136 valence electrons. The molecule has 1 aromatic rings. The minimum absolute atomic E-state index is 0.0686. The second-order valence-electron chi connectivity index (χ2n) is 6.51. The highest BCUT2D eigenvalue weighted by Gasteiger charge is 2.31. The number of likely N-dealkylation sites (tertiary alicyclic amines) is 2. The first-order valence-corrected chi connectivity index (χ1v) is 9.35. The zero-order valence-electron chi connectivity index (χ0n) is 14.5. The molecule has 2 aliphatic rings. The summed E-state index contributed by atoms with van der Waals surface area (Å²) < 4.78 is 5.30. The molecule has 0 aromatic carbocycles. The topological polar surface area (TPSA) is 62.7 Å². The summed E-state index contributed by atoms with van der Waals surface area (Å²) in [6.45, 7) is 4.49. The maximum absolute atomic E-state index is 12.7. The molecule has 0 aliphatic carbocycles. The highest BCUT2D eigenvalue weighted by atomic mass is 35.5. The normalized spacial score (nSPS) is 19.2. The summed E-state index contributed by atoms with van der Waals surface area (Å²) in [6.07, 6.45) is 5.92. The SMILES string of the molecule is CCOc1ncc(C(=O)N2CCC(N3CCCCC3=O)CC2)cc1Cl. The summed E-state index contributed by atoms with van der Waals surface area (Å²) in [4.78, 5) is 32.7. The summed E-state index contributed by atoms with van der Waals surface area (Å²) in [5.41, 5.74) is 0.473. The fourth-order valence-electron chi connectivity index (χ4n) is 3.56. The third kappa shape index (κ3) is 4.06. The lowest BCUT2D eigenvalue weighted by Crippen LogP contribution is -2.50. The highest BCUT2D eigenvalue weighted by molar-refractivity contribution is 6.32. The molecule has 6 nitrogen and oxygen atoms in total. The molecule has 3 heterocycles. The van der Waals surface area contributed by atoms with Gasteiger partial charge in [-0.15, -0.1) is 0 Å². The number of carbonyl (C=O) groups is 2. The van der Waals surface area contributed by atoms with Crippen LogP contribution in [0.25, 0.3) is 0 Å². The summed E-state index contributed by atoms with van der Waals surface area (Å²) in [5, 5.41) is 0.349. The molecular formula is C18H24ClN3O3. The maximum Gasteiger partial charge on any atom is 0.255 e. The van der Waals surface area contributed by atoms with Crippen LogP contribution < -0.4 is 4.74 Å². The first kappa shape index (κ1) is 18.0. The van der Waals surface area contributed by atoms with Gasteiger partial charge in [0.25, 0.3) is 5.91 Å². The number of piperidine rings is 2. The molecule has 0 N–H and O–H groups in total. The summed E-state index contributed by atoms with van der Waals surface area (Å²) in [5.74, 6) is 0.544. The number of carbonyl (C=O) groups excluding carboxylic acids is 2. The first-order valence-electron chi connectivity index (χ1n) is 8.97. The van der Waals surface area contributed by atoms with Gasteiger partial charge in [-0.25, -0.2) is 4.98 Å². The summed E-state index contributed by atoms with van der Waals surface area (Å²) in [7, 11) is 0. The number of amides is 2. The number of rotatable bonds is 4. The third-order valence-electron chi connectivity index (χ3n) is 4.89. The zero-order chi connectivity index (χ0) is 17.8. The minimum atomic E-state index is -0.0686. The number of halogens is 1.